The highest BCUT2D eigenvalue weighted by Gasteiger charge is 2.41. The second kappa shape index (κ2) is 9.37. The average molecular weight is 381 g/mol. The van der Waals surface area contributed by atoms with Crippen LogP contribution < -0.4 is 5.32 Å². The monoisotopic (exact) mass is 380 g/mol. The van der Waals surface area contributed by atoms with Crippen molar-refractivity contribution >= 4 is 11.8 Å². The largest absolute Gasteiger partial charge is 0.352 e. The summed E-state index contributed by atoms with van der Waals surface area (Å²) >= 11 is 0. The lowest BCUT2D eigenvalue weighted by Gasteiger charge is -2.35. The van der Waals surface area contributed by atoms with E-state index in [2.05, 4.69) is 19.2 Å². The fourth-order valence-corrected chi connectivity index (χ4v) is 4.56. The van der Waals surface area contributed by atoms with E-state index in [1.807, 2.05) is 0 Å². The highest BCUT2D eigenvalue weighted by atomic mass is 16.7. The first-order chi connectivity index (χ1) is 13.0. The minimum absolute atomic E-state index is 0.0515. The number of ether oxygens (including phenoxy) is 2. The molecule has 6 heteroatoms. The van der Waals surface area contributed by atoms with E-state index in [4.69, 9.17) is 9.47 Å². The van der Waals surface area contributed by atoms with Crippen LogP contribution in [-0.4, -0.2) is 54.3 Å². The molecule has 1 N–H and O–H groups in total. The van der Waals surface area contributed by atoms with Crippen LogP contribution >= 0.6 is 0 Å². The Hall–Kier alpha value is -1.14. The summed E-state index contributed by atoms with van der Waals surface area (Å²) in [5, 5.41) is 3.05. The lowest BCUT2D eigenvalue weighted by Crippen LogP contribution is -2.53. The number of piperidine rings is 1. The SMILES string of the molecule is CC(C)CC(C(=O)NCC1COC2(CCCCCC2)O1)N1CCCCC1=O. The molecule has 0 aromatic heterocycles. The molecule has 2 heterocycles. The van der Waals surface area contributed by atoms with Gasteiger partial charge < -0.3 is 19.7 Å². The van der Waals surface area contributed by atoms with Crippen LogP contribution in [0.4, 0.5) is 0 Å². The second-order valence-corrected chi connectivity index (χ2v) is 8.81. The number of hydrogen-bond donors (Lipinski definition) is 1. The maximum absolute atomic E-state index is 12.9. The van der Waals surface area contributed by atoms with E-state index >= 15 is 0 Å². The summed E-state index contributed by atoms with van der Waals surface area (Å²) in [4.78, 5) is 27.0. The molecule has 2 atom stereocenters. The Morgan fingerprint density at radius 3 is 2.59 bits per heavy atom. The Bertz CT molecular complexity index is 514. The van der Waals surface area contributed by atoms with Crippen LogP contribution in [0.2, 0.25) is 0 Å². The van der Waals surface area contributed by atoms with Crippen molar-refractivity contribution in [2.45, 2.75) is 96.0 Å². The highest BCUT2D eigenvalue weighted by molar-refractivity contribution is 5.88. The molecule has 2 unspecified atom stereocenters. The maximum atomic E-state index is 12.9. The van der Waals surface area contributed by atoms with Gasteiger partial charge in [-0.3, -0.25) is 9.59 Å². The van der Waals surface area contributed by atoms with E-state index in [-0.39, 0.29) is 24.0 Å². The van der Waals surface area contributed by atoms with Crippen LogP contribution in [0.25, 0.3) is 0 Å². The number of hydrogen-bond acceptors (Lipinski definition) is 4. The molecule has 2 amide bonds. The van der Waals surface area contributed by atoms with Gasteiger partial charge in [-0.2, -0.15) is 0 Å². The van der Waals surface area contributed by atoms with E-state index < -0.39 is 5.79 Å². The van der Waals surface area contributed by atoms with Gasteiger partial charge in [-0.25, -0.2) is 0 Å². The average Bonchev–Trinajstić information content (AvgIpc) is 2.89. The summed E-state index contributed by atoms with van der Waals surface area (Å²) in [5.41, 5.74) is 0. The van der Waals surface area contributed by atoms with E-state index in [0.29, 0.717) is 38.5 Å². The van der Waals surface area contributed by atoms with Crippen LogP contribution in [-0.2, 0) is 19.1 Å². The van der Waals surface area contributed by atoms with E-state index in [0.717, 1.165) is 38.5 Å². The smallest absolute Gasteiger partial charge is 0.242 e. The second-order valence-electron chi connectivity index (χ2n) is 8.81. The van der Waals surface area contributed by atoms with Crippen molar-refractivity contribution in [1.82, 2.24) is 10.2 Å². The van der Waals surface area contributed by atoms with Gasteiger partial charge >= 0.3 is 0 Å². The van der Waals surface area contributed by atoms with Crippen molar-refractivity contribution in [2.75, 3.05) is 19.7 Å². The molecule has 1 saturated carbocycles. The third-order valence-electron chi connectivity index (χ3n) is 6.02. The van der Waals surface area contributed by atoms with Gasteiger partial charge in [0.25, 0.3) is 0 Å². The molecular weight excluding hydrogens is 344 g/mol. The lowest BCUT2D eigenvalue weighted by molar-refractivity contribution is -0.175. The fourth-order valence-electron chi connectivity index (χ4n) is 4.56. The number of amides is 2. The van der Waals surface area contributed by atoms with Crippen LogP contribution in [0.15, 0.2) is 0 Å². The number of carbonyl (C=O) groups excluding carboxylic acids is 2. The number of carbonyl (C=O) groups is 2. The molecular formula is C21H36N2O4. The molecule has 0 bridgehead atoms. The number of nitrogens with zero attached hydrogens (tertiary/aromatic N) is 1. The highest BCUT2D eigenvalue weighted by Crippen LogP contribution is 2.36. The summed E-state index contributed by atoms with van der Waals surface area (Å²) in [6, 6.07) is -0.369. The third-order valence-corrected chi connectivity index (χ3v) is 6.02. The predicted molar refractivity (Wildman–Crippen MR) is 103 cm³/mol. The molecule has 27 heavy (non-hydrogen) atoms. The Kier molecular flexibility index (Phi) is 7.15. The number of likely N-dealkylation sites (tertiary alicyclic amines) is 1. The molecule has 2 aliphatic heterocycles. The van der Waals surface area contributed by atoms with Crippen molar-refractivity contribution < 1.29 is 19.1 Å². The molecule has 0 aromatic carbocycles. The van der Waals surface area contributed by atoms with Crippen LogP contribution in [0.5, 0.6) is 0 Å². The molecule has 0 radical (unpaired) electrons. The van der Waals surface area contributed by atoms with Crippen molar-refractivity contribution in [3.05, 3.63) is 0 Å². The van der Waals surface area contributed by atoms with Crippen LogP contribution in [0.1, 0.15) is 78.1 Å². The molecule has 0 aromatic rings. The molecule has 1 spiro atoms. The Morgan fingerprint density at radius 1 is 1.19 bits per heavy atom. The maximum Gasteiger partial charge on any atom is 0.242 e. The Balaban J connectivity index is 1.53. The minimum atomic E-state index is -0.425. The van der Waals surface area contributed by atoms with Gasteiger partial charge in [-0.1, -0.05) is 26.7 Å². The Labute approximate surface area is 163 Å². The molecule has 2 saturated heterocycles. The van der Waals surface area contributed by atoms with Gasteiger partial charge in [-0.15, -0.1) is 0 Å². The van der Waals surface area contributed by atoms with Gasteiger partial charge in [0.1, 0.15) is 12.1 Å². The van der Waals surface area contributed by atoms with Gasteiger partial charge in [0.2, 0.25) is 11.8 Å². The van der Waals surface area contributed by atoms with Gasteiger partial charge in [0.05, 0.1) is 6.61 Å². The van der Waals surface area contributed by atoms with Gasteiger partial charge in [0, 0.05) is 32.4 Å². The Morgan fingerprint density at radius 2 is 1.93 bits per heavy atom. The molecule has 3 fully saturated rings. The van der Waals surface area contributed by atoms with Gasteiger partial charge in [0.15, 0.2) is 5.79 Å². The van der Waals surface area contributed by atoms with Crippen LogP contribution in [0, 0.1) is 5.92 Å². The van der Waals surface area contributed by atoms with E-state index in [9.17, 15) is 9.59 Å². The quantitative estimate of drug-likeness (QED) is 0.769. The zero-order valence-corrected chi connectivity index (χ0v) is 17.0. The first-order valence-electron chi connectivity index (χ1n) is 10.9. The number of rotatable bonds is 6. The minimum Gasteiger partial charge on any atom is -0.352 e. The lowest BCUT2D eigenvalue weighted by atomic mass is 9.98. The zero-order valence-electron chi connectivity index (χ0n) is 17.0. The predicted octanol–water partition coefficient (Wildman–Crippen LogP) is 3.00. The summed E-state index contributed by atoms with van der Waals surface area (Å²) < 4.78 is 12.3. The molecule has 3 aliphatic rings. The van der Waals surface area contributed by atoms with Crippen molar-refractivity contribution in [2.24, 2.45) is 5.92 Å². The van der Waals surface area contributed by atoms with Crippen molar-refractivity contribution in [3.63, 3.8) is 0 Å². The van der Waals surface area contributed by atoms with Crippen LogP contribution in [0.3, 0.4) is 0 Å². The third kappa shape index (κ3) is 5.44. The first kappa shape index (κ1) is 20.6. The standard InChI is InChI=1S/C21H36N2O4/c1-16(2)13-18(23-12-8-5-9-19(23)24)20(25)22-14-17-15-26-21(27-17)10-6-3-4-7-11-21/h16-18H,3-15H2,1-2H3,(H,22,25). The van der Waals surface area contributed by atoms with Crippen molar-refractivity contribution in [3.8, 4) is 0 Å². The number of nitrogens with one attached hydrogen (secondary N) is 1. The zero-order chi connectivity index (χ0) is 19.3. The summed E-state index contributed by atoms with van der Waals surface area (Å²) in [5.74, 6) is -0.00781. The molecule has 154 valence electrons. The first-order valence-corrected chi connectivity index (χ1v) is 10.9. The summed E-state index contributed by atoms with van der Waals surface area (Å²) in [6.45, 7) is 5.88. The van der Waals surface area contributed by atoms with E-state index in [1.165, 1.54) is 12.8 Å². The topological polar surface area (TPSA) is 67.9 Å². The summed E-state index contributed by atoms with van der Waals surface area (Å²) in [7, 11) is 0. The van der Waals surface area contributed by atoms with Crippen molar-refractivity contribution in [1.29, 1.82) is 0 Å². The van der Waals surface area contributed by atoms with Gasteiger partial charge in [-0.05, 0) is 38.0 Å². The molecule has 3 rings (SSSR count). The summed E-state index contributed by atoms with van der Waals surface area (Å²) in [6.07, 6.45) is 9.77. The molecule has 6 nitrogen and oxygen atoms in total. The normalized spacial score (nSPS) is 27.0. The fraction of sp³-hybridized carbons (Fsp3) is 0.905. The molecule has 1 aliphatic carbocycles. The van der Waals surface area contributed by atoms with E-state index in [1.54, 1.807) is 4.90 Å².